The molecule has 0 spiro atoms. The lowest BCUT2D eigenvalue weighted by Gasteiger charge is -2.09. The molecule has 0 unspecified atom stereocenters. The summed E-state index contributed by atoms with van der Waals surface area (Å²) in [6, 6.07) is 20.1. The van der Waals surface area contributed by atoms with E-state index in [1.54, 1.807) is 6.20 Å². The molecule has 0 saturated heterocycles. The van der Waals surface area contributed by atoms with E-state index in [4.69, 9.17) is 4.74 Å². The molecule has 0 atom stereocenters. The Balaban J connectivity index is 1.48. The Morgan fingerprint density at radius 3 is 2.76 bits per heavy atom. The van der Waals surface area contributed by atoms with Crippen LogP contribution in [0.25, 0.3) is 16.7 Å². The number of hydrogen-bond donors (Lipinski definition) is 1. The van der Waals surface area contributed by atoms with E-state index in [0.29, 0.717) is 19.8 Å². The number of carbonyl (C=O) groups is 1. The second-order valence-electron chi connectivity index (χ2n) is 6.83. The van der Waals surface area contributed by atoms with Crippen molar-refractivity contribution in [2.24, 2.45) is 0 Å². The van der Waals surface area contributed by atoms with Crippen molar-refractivity contribution in [3.8, 4) is 5.69 Å². The van der Waals surface area contributed by atoms with Crippen LogP contribution in [0.15, 0.2) is 73.2 Å². The smallest absolute Gasteiger partial charge is 0.217 e. The van der Waals surface area contributed by atoms with Gasteiger partial charge in [-0.25, -0.2) is 4.98 Å². The molecule has 4 rings (SSSR count). The summed E-state index contributed by atoms with van der Waals surface area (Å²) >= 11 is 0. The minimum absolute atomic E-state index is 0.0438. The Morgan fingerprint density at radius 2 is 1.93 bits per heavy atom. The van der Waals surface area contributed by atoms with Crippen LogP contribution < -0.4 is 5.32 Å². The SMILES string of the molecule is CC(=O)NCc1ccc2c(c1)ncn2-c1cccc(COCc2ccccn2)c1. The molecule has 0 bridgehead atoms. The average molecular weight is 386 g/mol. The van der Waals surface area contributed by atoms with Gasteiger partial charge in [0.1, 0.15) is 6.33 Å². The van der Waals surface area contributed by atoms with Crippen molar-refractivity contribution in [2.45, 2.75) is 26.7 Å². The van der Waals surface area contributed by atoms with Gasteiger partial charge in [-0.15, -0.1) is 0 Å². The van der Waals surface area contributed by atoms with Crippen molar-refractivity contribution in [1.29, 1.82) is 0 Å². The molecule has 0 radical (unpaired) electrons. The molecule has 1 amide bonds. The van der Waals surface area contributed by atoms with Crippen molar-refractivity contribution in [1.82, 2.24) is 19.9 Å². The molecule has 4 aromatic rings. The summed E-state index contributed by atoms with van der Waals surface area (Å²) in [5.74, 6) is -0.0438. The highest BCUT2D eigenvalue weighted by Gasteiger charge is 2.07. The van der Waals surface area contributed by atoms with Crippen LogP contribution in [0.3, 0.4) is 0 Å². The van der Waals surface area contributed by atoms with Gasteiger partial charge < -0.3 is 10.1 Å². The van der Waals surface area contributed by atoms with Crippen LogP contribution in [-0.4, -0.2) is 20.4 Å². The molecule has 29 heavy (non-hydrogen) atoms. The predicted octanol–water partition coefficient (Wildman–Crippen LogP) is 3.77. The molecular formula is C23H22N4O2. The van der Waals surface area contributed by atoms with Crippen molar-refractivity contribution >= 4 is 16.9 Å². The Labute approximate surface area is 169 Å². The number of hydrogen-bond acceptors (Lipinski definition) is 4. The maximum absolute atomic E-state index is 11.1. The summed E-state index contributed by atoms with van der Waals surface area (Å²) in [7, 11) is 0. The Morgan fingerprint density at radius 1 is 1.00 bits per heavy atom. The highest BCUT2D eigenvalue weighted by Crippen LogP contribution is 2.20. The third kappa shape index (κ3) is 4.67. The van der Waals surface area contributed by atoms with Gasteiger partial charge in [0.2, 0.25) is 5.91 Å². The van der Waals surface area contributed by atoms with E-state index in [2.05, 4.69) is 32.0 Å². The molecule has 1 N–H and O–H groups in total. The van der Waals surface area contributed by atoms with Gasteiger partial charge in [-0.3, -0.25) is 14.3 Å². The molecule has 2 aromatic carbocycles. The fraction of sp³-hybridized carbons (Fsp3) is 0.174. The Bertz CT molecular complexity index is 1120. The number of nitrogens with zero attached hydrogens (tertiary/aromatic N) is 3. The topological polar surface area (TPSA) is 69.0 Å². The van der Waals surface area contributed by atoms with Crippen LogP contribution in [0.4, 0.5) is 0 Å². The van der Waals surface area contributed by atoms with Gasteiger partial charge in [0.05, 0.1) is 29.9 Å². The van der Waals surface area contributed by atoms with Crippen molar-refractivity contribution in [3.63, 3.8) is 0 Å². The lowest BCUT2D eigenvalue weighted by Crippen LogP contribution is -2.18. The summed E-state index contributed by atoms with van der Waals surface area (Å²) in [5, 5.41) is 2.81. The van der Waals surface area contributed by atoms with Crippen LogP contribution >= 0.6 is 0 Å². The van der Waals surface area contributed by atoms with E-state index in [0.717, 1.165) is 33.5 Å². The number of carbonyl (C=O) groups excluding carboxylic acids is 1. The Kier molecular flexibility index (Phi) is 5.63. The van der Waals surface area contributed by atoms with Gasteiger partial charge in [-0.1, -0.05) is 24.3 Å². The molecular weight excluding hydrogens is 364 g/mol. The first kappa shape index (κ1) is 18.8. The van der Waals surface area contributed by atoms with E-state index in [1.165, 1.54) is 6.92 Å². The van der Waals surface area contributed by atoms with Gasteiger partial charge in [-0.2, -0.15) is 0 Å². The summed E-state index contributed by atoms with van der Waals surface area (Å²) in [5.41, 5.74) is 5.96. The largest absolute Gasteiger partial charge is 0.370 e. The normalized spacial score (nSPS) is 10.9. The van der Waals surface area contributed by atoms with Crippen LogP contribution in [0.5, 0.6) is 0 Å². The molecule has 6 heteroatoms. The number of benzene rings is 2. The number of fused-ring (bicyclic) bond motifs is 1. The first-order valence-electron chi connectivity index (χ1n) is 9.46. The highest BCUT2D eigenvalue weighted by atomic mass is 16.5. The second kappa shape index (κ2) is 8.67. The van der Waals surface area contributed by atoms with Crippen LogP contribution in [0, 0.1) is 0 Å². The van der Waals surface area contributed by atoms with E-state index >= 15 is 0 Å². The third-order valence-corrected chi connectivity index (χ3v) is 4.59. The lowest BCUT2D eigenvalue weighted by atomic mass is 10.2. The summed E-state index contributed by atoms with van der Waals surface area (Å²) < 4.78 is 7.86. The molecule has 6 nitrogen and oxygen atoms in total. The molecule has 0 aliphatic carbocycles. The third-order valence-electron chi connectivity index (χ3n) is 4.59. The number of aromatic nitrogens is 3. The van der Waals surface area contributed by atoms with Crippen molar-refractivity contribution in [3.05, 3.63) is 90.0 Å². The van der Waals surface area contributed by atoms with Gasteiger partial charge in [-0.05, 0) is 47.5 Å². The van der Waals surface area contributed by atoms with E-state index in [1.807, 2.05) is 54.9 Å². The van der Waals surface area contributed by atoms with Gasteiger partial charge in [0, 0.05) is 25.4 Å². The quantitative estimate of drug-likeness (QED) is 0.525. The minimum atomic E-state index is -0.0438. The molecule has 0 fully saturated rings. The van der Waals surface area contributed by atoms with Crippen LogP contribution in [0.1, 0.15) is 23.7 Å². The Hall–Kier alpha value is -3.51. The van der Waals surface area contributed by atoms with Crippen LogP contribution in [0.2, 0.25) is 0 Å². The summed E-state index contributed by atoms with van der Waals surface area (Å²) in [4.78, 5) is 19.9. The molecule has 146 valence electrons. The van der Waals surface area contributed by atoms with E-state index in [-0.39, 0.29) is 5.91 Å². The predicted molar refractivity (Wildman–Crippen MR) is 111 cm³/mol. The fourth-order valence-corrected chi connectivity index (χ4v) is 3.15. The zero-order valence-electron chi connectivity index (χ0n) is 16.2. The number of pyridine rings is 1. The van der Waals surface area contributed by atoms with E-state index < -0.39 is 0 Å². The number of imidazole rings is 1. The summed E-state index contributed by atoms with van der Waals surface area (Å²) in [6.45, 7) is 3.01. The fourth-order valence-electron chi connectivity index (χ4n) is 3.15. The first-order valence-corrected chi connectivity index (χ1v) is 9.46. The molecule has 0 aliphatic heterocycles. The number of rotatable bonds is 7. The van der Waals surface area contributed by atoms with Gasteiger partial charge in [0.25, 0.3) is 0 Å². The first-order chi connectivity index (χ1) is 14.2. The number of amides is 1. The van der Waals surface area contributed by atoms with Gasteiger partial charge >= 0.3 is 0 Å². The standard InChI is InChI=1S/C23H22N4O2/c1-17(28)25-13-18-8-9-23-22(12-18)26-16-27(23)21-7-4-5-19(11-21)14-29-15-20-6-2-3-10-24-20/h2-12,16H,13-15H2,1H3,(H,25,28). The van der Waals surface area contributed by atoms with Crippen molar-refractivity contribution < 1.29 is 9.53 Å². The summed E-state index contributed by atoms with van der Waals surface area (Å²) in [6.07, 6.45) is 3.59. The highest BCUT2D eigenvalue weighted by molar-refractivity contribution is 5.78. The lowest BCUT2D eigenvalue weighted by molar-refractivity contribution is -0.119. The average Bonchev–Trinajstić information content (AvgIpc) is 3.16. The van der Waals surface area contributed by atoms with Crippen LogP contribution in [-0.2, 0) is 29.3 Å². The van der Waals surface area contributed by atoms with E-state index in [9.17, 15) is 4.79 Å². The zero-order chi connectivity index (χ0) is 20.1. The van der Waals surface area contributed by atoms with Crippen molar-refractivity contribution in [2.75, 3.05) is 0 Å². The molecule has 2 heterocycles. The maximum Gasteiger partial charge on any atom is 0.217 e. The molecule has 0 aliphatic rings. The zero-order valence-corrected chi connectivity index (χ0v) is 16.2. The second-order valence-corrected chi connectivity index (χ2v) is 6.83. The number of ether oxygens (including phenoxy) is 1. The minimum Gasteiger partial charge on any atom is -0.370 e. The monoisotopic (exact) mass is 386 g/mol. The molecule has 0 saturated carbocycles. The van der Waals surface area contributed by atoms with Gasteiger partial charge in [0.15, 0.2) is 0 Å². The molecule has 2 aromatic heterocycles. The maximum atomic E-state index is 11.1. The number of nitrogens with one attached hydrogen (secondary N) is 1.